The maximum absolute atomic E-state index is 14.8. The van der Waals surface area contributed by atoms with Crippen molar-refractivity contribution in [2.24, 2.45) is 0 Å². The van der Waals surface area contributed by atoms with Crippen LogP contribution < -0.4 is 9.64 Å². The summed E-state index contributed by atoms with van der Waals surface area (Å²) in [5.74, 6) is 0.539. The highest BCUT2D eigenvalue weighted by atomic mass is 16.5. The maximum Gasteiger partial charge on any atom is 0.407 e. The van der Waals surface area contributed by atoms with Crippen LogP contribution in [-0.4, -0.2) is 57.0 Å². The van der Waals surface area contributed by atoms with E-state index in [0.717, 1.165) is 82.9 Å². The first-order valence-corrected chi connectivity index (χ1v) is 18.5. The van der Waals surface area contributed by atoms with Gasteiger partial charge in [-0.2, -0.15) is 0 Å². The summed E-state index contributed by atoms with van der Waals surface area (Å²) in [6.45, 7) is 4.44. The summed E-state index contributed by atoms with van der Waals surface area (Å²) in [5, 5.41) is 9.81. The van der Waals surface area contributed by atoms with E-state index >= 15 is 0 Å². The standard InChI is InChI=1S/C44H44N4O5/c1-29-22-31-12-6-7-13-33(31)27-48(29)43(50)38-24-34-26-46(44(51)52)21-19-32(34)23-37(38)41-25-39(40-14-8-9-20-47(40)41)42(49)45(2)35-15-17-36(18-16-35)53-28-30-10-4-3-5-11-30/h3-7,10-13,15-18,23-25,29H,8-9,14,19-22,26-28H2,1-2H3,(H,51,52)/t29-/m1/s1. The van der Waals surface area contributed by atoms with Gasteiger partial charge in [-0.05, 0) is 109 Å². The number of ether oxygens (including phenoxy) is 1. The van der Waals surface area contributed by atoms with E-state index in [2.05, 4.69) is 29.7 Å². The Morgan fingerprint density at radius 2 is 1.55 bits per heavy atom. The predicted molar refractivity (Wildman–Crippen MR) is 204 cm³/mol. The van der Waals surface area contributed by atoms with E-state index in [-0.39, 0.29) is 24.4 Å². The van der Waals surface area contributed by atoms with Crippen LogP contribution in [0.3, 0.4) is 0 Å². The molecular weight excluding hydrogens is 665 g/mol. The van der Waals surface area contributed by atoms with Crippen molar-refractivity contribution >= 4 is 23.6 Å². The van der Waals surface area contributed by atoms with Crippen molar-refractivity contribution < 1.29 is 24.2 Å². The summed E-state index contributed by atoms with van der Waals surface area (Å²) in [5.41, 5.74) is 9.96. The second-order valence-corrected chi connectivity index (χ2v) is 14.5. The Morgan fingerprint density at radius 1 is 0.792 bits per heavy atom. The molecule has 3 aliphatic rings. The number of hydrogen-bond donors (Lipinski definition) is 1. The quantitative estimate of drug-likeness (QED) is 0.185. The summed E-state index contributed by atoms with van der Waals surface area (Å²) in [6, 6.07) is 31.8. The molecule has 0 aliphatic carbocycles. The van der Waals surface area contributed by atoms with Crippen molar-refractivity contribution in [1.82, 2.24) is 14.4 Å². The lowest BCUT2D eigenvalue weighted by Gasteiger charge is -2.36. The molecule has 3 aliphatic heterocycles. The molecule has 0 bridgehead atoms. The van der Waals surface area contributed by atoms with Gasteiger partial charge in [-0.1, -0.05) is 54.6 Å². The minimum atomic E-state index is -0.962. The second-order valence-electron chi connectivity index (χ2n) is 14.5. The van der Waals surface area contributed by atoms with Crippen molar-refractivity contribution in [1.29, 1.82) is 0 Å². The number of anilines is 1. The molecule has 4 aromatic carbocycles. The van der Waals surface area contributed by atoms with Crippen LogP contribution in [0.1, 0.15) is 74.0 Å². The molecule has 0 saturated heterocycles. The molecule has 1 N–H and O–H groups in total. The van der Waals surface area contributed by atoms with Gasteiger partial charge in [0.1, 0.15) is 12.4 Å². The molecule has 0 radical (unpaired) electrons. The zero-order valence-corrected chi connectivity index (χ0v) is 30.3. The van der Waals surface area contributed by atoms with Gasteiger partial charge in [0.2, 0.25) is 0 Å². The zero-order chi connectivity index (χ0) is 36.6. The first-order chi connectivity index (χ1) is 25.7. The van der Waals surface area contributed by atoms with Crippen molar-refractivity contribution in [3.05, 3.63) is 142 Å². The van der Waals surface area contributed by atoms with Gasteiger partial charge in [-0.3, -0.25) is 9.59 Å². The van der Waals surface area contributed by atoms with Gasteiger partial charge in [0.25, 0.3) is 11.8 Å². The number of rotatable bonds is 7. The van der Waals surface area contributed by atoms with E-state index in [0.29, 0.717) is 37.2 Å². The number of nitrogens with zero attached hydrogens (tertiary/aromatic N) is 4. The number of carbonyl (C=O) groups is 3. The molecule has 270 valence electrons. The molecule has 1 atom stereocenters. The maximum atomic E-state index is 14.8. The fourth-order valence-corrected chi connectivity index (χ4v) is 8.16. The van der Waals surface area contributed by atoms with Crippen LogP contribution in [0.2, 0.25) is 0 Å². The van der Waals surface area contributed by atoms with Crippen LogP contribution in [0.15, 0.2) is 97.1 Å². The summed E-state index contributed by atoms with van der Waals surface area (Å²) >= 11 is 0. The van der Waals surface area contributed by atoms with E-state index < -0.39 is 6.09 Å². The minimum absolute atomic E-state index is 0.0149. The summed E-state index contributed by atoms with van der Waals surface area (Å²) in [7, 11) is 1.80. The van der Waals surface area contributed by atoms with Gasteiger partial charge in [0, 0.05) is 67.5 Å². The third-order valence-corrected chi connectivity index (χ3v) is 11.2. The van der Waals surface area contributed by atoms with Gasteiger partial charge < -0.3 is 29.1 Å². The molecule has 0 unspecified atom stereocenters. The average Bonchev–Trinajstić information content (AvgIpc) is 3.58. The number of hydrogen-bond acceptors (Lipinski definition) is 4. The Morgan fingerprint density at radius 3 is 2.32 bits per heavy atom. The zero-order valence-electron chi connectivity index (χ0n) is 30.3. The SMILES string of the molecule is C[C@@H]1Cc2ccccc2CN1C(=O)c1cc2c(cc1-c1cc(C(=O)N(C)c3ccc(OCc4ccccc4)cc3)c3n1CCCC3)CCN(C(=O)O)C2. The lowest BCUT2D eigenvalue weighted by Crippen LogP contribution is -2.43. The Labute approximate surface area is 310 Å². The highest BCUT2D eigenvalue weighted by molar-refractivity contribution is 6.08. The topological polar surface area (TPSA) is 95.3 Å². The van der Waals surface area contributed by atoms with E-state index in [1.54, 1.807) is 11.9 Å². The number of carboxylic acid groups (broad SMARTS) is 1. The molecule has 9 nitrogen and oxygen atoms in total. The van der Waals surface area contributed by atoms with Gasteiger partial charge in [0.05, 0.1) is 5.56 Å². The number of fused-ring (bicyclic) bond motifs is 3. The molecule has 0 fully saturated rings. The fourth-order valence-electron chi connectivity index (χ4n) is 8.16. The summed E-state index contributed by atoms with van der Waals surface area (Å²) in [6.07, 6.45) is 3.08. The number of benzene rings is 4. The Balaban J connectivity index is 1.14. The molecular formula is C44H44N4O5. The smallest absolute Gasteiger partial charge is 0.407 e. The first kappa shape index (κ1) is 34.3. The number of carbonyl (C=O) groups excluding carboxylic acids is 2. The molecule has 5 aromatic rings. The average molecular weight is 709 g/mol. The Hall–Kier alpha value is -5.83. The lowest BCUT2D eigenvalue weighted by molar-refractivity contribution is 0.0658. The predicted octanol–water partition coefficient (Wildman–Crippen LogP) is 7.97. The number of amides is 3. The normalized spacial score (nSPS) is 16.3. The third-order valence-electron chi connectivity index (χ3n) is 11.2. The molecule has 0 saturated carbocycles. The monoisotopic (exact) mass is 708 g/mol. The van der Waals surface area contributed by atoms with Crippen molar-refractivity contribution in [3.8, 4) is 17.0 Å². The first-order valence-electron chi connectivity index (χ1n) is 18.5. The van der Waals surface area contributed by atoms with Gasteiger partial charge in [0.15, 0.2) is 0 Å². The van der Waals surface area contributed by atoms with Crippen molar-refractivity contribution in [2.75, 3.05) is 18.5 Å². The summed E-state index contributed by atoms with van der Waals surface area (Å²) in [4.78, 5) is 46.1. The minimum Gasteiger partial charge on any atom is -0.489 e. The van der Waals surface area contributed by atoms with Crippen LogP contribution >= 0.6 is 0 Å². The highest BCUT2D eigenvalue weighted by Gasteiger charge is 2.33. The van der Waals surface area contributed by atoms with E-state index in [4.69, 9.17) is 4.74 Å². The largest absolute Gasteiger partial charge is 0.489 e. The van der Waals surface area contributed by atoms with Crippen molar-refractivity contribution in [3.63, 3.8) is 0 Å². The Kier molecular flexibility index (Phi) is 9.24. The highest BCUT2D eigenvalue weighted by Crippen LogP contribution is 2.38. The van der Waals surface area contributed by atoms with Crippen LogP contribution in [0.5, 0.6) is 5.75 Å². The third kappa shape index (κ3) is 6.67. The molecule has 53 heavy (non-hydrogen) atoms. The fraction of sp³-hybridized carbons (Fsp3) is 0.295. The van der Waals surface area contributed by atoms with Crippen LogP contribution in [0.4, 0.5) is 10.5 Å². The second kappa shape index (κ2) is 14.3. The van der Waals surface area contributed by atoms with Crippen LogP contribution in [0.25, 0.3) is 11.3 Å². The van der Waals surface area contributed by atoms with Gasteiger partial charge in [-0.15, -0.1) is 0 Å². The van der Waals surface area contributed by atoms with Crippen molar-refractivity contribution in [2.45, 2.75) is 71.3 Å². The summed E-state index contributed by atoms with van der Waals surface area (Å²) < 4.78 is 8.23. The molecule has 8 rings (SSSR count). The van der Waals surface area contributed by atoms with E-state index in [9.17, 15) is 19.5 Å². The molecule has 3 amide bonds. The van der Waals surface area contributed by atoms with Crippen LogP contribution in [0, 0.1) is 0 Å². The molecule has 1 aromatic heterocycles. The lowest BCUT2D eigenvalue weighted by atomic mass is 9.90. The van der Waals surface area contributed by atoms with E-state index in [1.165, 1.54) is 10.5 Å². The molecule has 0 spiro atoms. The van der Waals surface area contributed by atoms with Gasteiger partial charge >= 0.3 is 6.09 Å². The van der Waals surface area contributed by atoms with E-state index in [1.807, 2.05) is 83.8 Å². The Bertz CT molecular complexity index is 2190. The molecule has 9 heteroatoms. The van der Waals surface area contributed by atoms with Crippen LogP contribution in [-0.2, 0) is 45.5 Å². The number of aromatic nitrogens is 1. The van der Waals surface area contributed by atoms with Gasteiger partial charge in [-0.25, -0.2) is 4.79 Å². The molecule has 4 heterocycles.